The second-order valence-electron chi connectivity index (χ2n) is 9.17. The number of carbonyl (C=O) groups is 4. The van der Waals surface area contributed by atoms with Crippen LogP contribution in [0, 0.1) is 0 Å². The molecule has 11 nitrogen and oxygen atoms in total. The fourth-order valence-electron chi connectivity index (χ4n) is 4.25. The molecule has 1 saturated heterocycles. The smallest absolute Gasteiger partial charge is 0.355 e. The molecule has 0 spiro atoms. The van der Waals surface area contributed by atoms with Crippen molar-refractivity contribution in [3.8, 4) is 5.75 Å². The van der Waals surface area contributed by atoms with E-state index in [4.69, 9.17) is 19.7 Å². The number of carbonyl (C=O) groups excluding carboxylic acids is 4. The average Bonchev–Trinajstić information content (AvgIpc) is 3.50. The molecule has 216 valence electrons. The van der Waals surface area contributed by atoms with E-state index in [1.54, 1.807) is 37.5 Å². The van der Waals surface area contributed by atoms with Crippen LogP contribution in [0.5, 0.6) is 5.75 Å². The number of rotatable bonds is 11. The number of allylic oxidation sites excluding steroid dienone is 1. The first-order valence-electron chi connectivity index (χ1n) is 12.7. The molecule has 42 heavy (non-hydrogen) atoms. The average molecular weight is 607 g/mol. The third-order valence-corrected chi connectivity index (χ3v) is 8.69. The van der Waals surface area contributed by atoms with Crippen LogP contribution < -0.4 is 15.8 Å². The number of primary amides is 1. The van der Waals surface area contributed by atoms with Crippen LogP contribution in [-0.4, -0.2) is 63.8 Å². The van der Waals surface area contributed by atoms with Crippen LogP contribution in [-0.2, 0) is 25.7 Å². The van der Waals surface area contributed by atoms with Gasteiger partial charge in [0.15, 0.2) is 11.5 Å². The Labute approximate surface area is 249 Å². The molecule has 2 aliphatic rings. The van der Waals surface area contributed by atoms with Gasteiger partial charge in [-0.3, -0.25) is 19.3 Å². The molecule has 1 fully saturated rings. The molecule has 3 aromatic rings. The Balaban J connectivity index is 1.32. The van der Waals surface area contributed by atoms with Crippen molar-refractivity contribution < 1.29 is 33.2 Å². The van der Waals surface area contributed by atoms with E-state index >= 15 is 0 Å². The lowest BCUT2D eigenvalue weighted by atomic mass is 10.0. The lowest BCUT2D eigenvalue weighted by molar-refractivity contribution is -0.153. The summed E-state index contributed by atoms with van der Waals surface area (Å²) in [5, 5.41) is 5.93. The number of nitrogens with zero attached hydrogens (tertiary/aromatic N) is 2. The lowest BCUT2D eigenvalue weighted by Crippen LogP contribution is -2.70. The maximum absolute atomic E-state index is 13.4. The zero-order valence-electron chi connectivity index (χ0n) is 22.4. The van der Waals surface area contributed by atoms with Gasteiger partial charge in [-0.05, 0) is 41.5 Å². The summed E-state index contributed by atoms with van der Waals surface area (Å²) in [4.78, 5) is 53.0. The minimum Gasteiger partial charge on any atom is -0.497 e. The molecule has 1 unspecified atom stereocenters. The lowest BCUT2D eigenvalue weighted by Gasteiger charge is -2.49. The Morgan fingerprint density at radius 3 is 2.62 bits per heavy atom. The van der Waals surface area contributed by atoms with Gasteiger partial charge in [0, 0.05) is 16.7 Å². The van der Waals surface area contributed by atoms with E-state index in [0.717, 1.165) is 10.5 Å². The monoisotopic (exact) mass is 606 g/mol. The summed E-state index contributed by atoms with van der Waals surface area (Å²) in [5.41, 5.74) is 6.51. The number of hydrogen-bond acceptors (Lipinski definition) is 10. The number of methoxy groups -OCH3 is 1. The number of amides is 3. The number of benzene rings is 2. The number of thioether (sulfide) groups is 2. The van der Waals surface area contributed by atoms with Gasteiger partial charge in [-0.1, -0.05) is 41.6 Å². The summed E-state index contributed by atoms with van der Waals surface area (Å²) in [6.07, 6.45) is 3.13. The van der Waals surface area contributed by atoms with Crippen LogP contribution in [0.25, 0.3) is 6.08 Å². The highest BCUT2D eigenvalue weighted by Crippen LogP contribution is 2.41. The Bertz CT molecular complexity index is 1550. The molecule has 2 atom stereocenters. The van der Waals surface area contributed by atoms with Crippen LogP contribution in [0.15, 0.2) is 87.4 Å². The Hall–Kier alpha value is -4.49. The van der Waals surface area contributed by atoms with Gasteiger partial charge in [0.1, 0.15) is 29.5 Å². The van der Waals surface area contributed by atoms with E-state index < -0.39 is 29.2 Å². The van der Waals surface area contributed by atoms with E-state index in [1.807, 2.05) is 30.3 Å². The van der Waals surface area contributed by atoms with Crippen molar-refractivity contribution >= 4 is 53.3 Å². The number of hydrogen-bond donors (Lipinski definition) is 2. The summed E-state index contributed by atoms with van der Waals surface area (Å²) < 4.78 is 15.9. The highest BCUT2D eigenvalue weighted by atomic mass is 32.2. The van der Waals surface area contributed by atoms with Gasteiger partial charge in [-0.2, -0.15) is 0 Å². The van der Waals surface area contributed by atoms with Crippen molar-refractivity contribution in [2.75, 3.05) is 18.6 Å². The van der Waals surface area contributed by atoms with Gasteiger partial charge in [0.05, 0.1) is 12.9 Å². The topological polar surface area (TPSA) is 154 Å². The summed E-state index contributed by atoms with van der Waals surface area (Å²) in [6, 6.07) is 17.1. The second kappa shape index (κ2) is 13.0. The van der Waals surface area contributed by atoms with Gasteiger partial charge < -0.3 is 25.0 Å². The van der Waals surface area contributed by atoms with E-state index in [9.17, 15) is 19.2 Å². The van der Waals surface area contributed by atoms with Crippen LogP contribution >= 0.6 is 23.5 Å². The maximum atomic E-state index is 13.4. The first-order chi connectivity index (χ1) is 20.3. The third-order valence-electron chi connectivity index (χ3n) is 6.38. The quantitative estimate of drug-likeness (QED) is 0.189. The molecule has 3 heterocycles. The van der Waals surface area contributed by atoms with E-state index in [1.165, 1.54) is 40.6 Å². The molecule has 2 aliphatic heterocycles. The Kier molecular flexibility index (Phi) is 8.98. The molecule has 2 aromatic carbocycles. The Morgan fingerprint density at radius 1 is 1.17 bits per heavy atom. The standard InChI is InChI=1S/C29H26N4O7S2/c1-38-19-10-7-17(8-11-19)14-39-29(37)25-18(9-12-20-13-22(26(30)35)32-40-20)15-42-28-24(27(36)33(25)28)31-23(34)16-41-21-5-3-2-4-6-21/h2-13,24,28H,14-16H2,1H3,(H2,30,35)(H,31,34)/b12-9+/t24-,28?/m1/s1. The van der Waals surface area contributed by atoms with Crippen molar-refractivity contribution in [2.45, 2.75) is 22.9 Å². The van der Waals surface area contributed by atoms with Crippen LogP contribution in [0.1, 0.15) is 21.8 Å². The second-order valence-corrected chi connectivity index (χ2v) is 11.3. The van der Waals surface area contributed by atoms with Gasteiger partial charge >= 0.3 is 5.97 Å². The molecule has 3 N–H and O–H groups in total. The normalized spacial score (nSPS) is 17.9. The molecule has 0 saturated carbocycles. The van der Waals surface area contributed by atoms with Gasteiger partial charge in [-0.15, -0.1) is 23.5 Å². The number of nitrogens with one attached hydrogen (secondary N) is 1. The van der Waals surface area contributed by atoms with Crippen LogP contribution in [0.4, 0.5) is 0 Å². The number of esters is 1. The molecule has 1 aromatic heterocycles. The number of fused-ring (bicyclic) bond motifs is 1. The number of nitrogens with two attached hydrogens (primary N) is 1. The molecular formula is C29H26N4O7S2. The molecular weight excluding hydrogens is 580 g/mol. The maximum Gasteiger partial charge on any atom is 0.355 e. The third kappa shape index (κ3) is 6.52. The van der Waals surface area contributed by atoms with Crippen LogP contribution in [0.2, 0.25) is 0 Å². The molecule has 13 heteroatoms. The minimum atomic E-state index is -0.777. The predicted molar refractivity (Wildman–Crippen MR) is 156 cm³/mol. The van der Waals surface area contributed by atoms with Gasteiger partial charge in [0.2, 0.25) is 5.91 Å². The van der Waals surface area contributed by atoms with E-state index in [-0.39, 0.29) is 35.4 Å². The zero-order valence-corrected chi connectivity index (χ0v) is 24.0. The first kappa shape index (κ1) is 29.0. The molecule has 0 radical (unpaired) electrons. The highest BCUT2D eigenvalue weighted by Gasteiger charge is 2.54. The molecule has 0 bridgehead atoms. The fourth-order valence-corrected chi connectivity index (χ4v) is 6.30. The van der Waals surface area contributed by atoms with Crippen molar-refractivity contribution in [1.29, 1.82) is 0 Å². The van der Waals surface area contributed by atoms with Crippen molar-refractivity contribution in [3.05, 3.63) is 95.0 Å². The van der Waals surface area contributed by atoms with Gasteiger partial charge in [0.25, 0.3) is 11.8 Å². The fraction of sp³-hybridized carbons (Fsp3) is 0.207. The van der Waals surface area contributed by atoms with E-state index in [2.05, 4.69) is 10.5 Å². The van der Waals surface area contributed by atoms with Crippen molar-refractivity contribution in [2.24, 2.45) is 5.73 Å². The summed E-state index contributed by atoms with van der Waals surface area (Å²) in [7, 11) is 1.56. The Morgan fingerprint density at radius 2 is 1.93 bits per heavy atom. The predicted octanol–water partition coefficient (Wildman–Crippen LogP) is 2.99. The van der Waals surface area contributed by atoms with E-state index in [0.29, 0.717) is 17.1 Å². The first-order valence-corrected chi connectivity index (χ1v) is 14.8. The number of aromatic nitrogens is 1. The number of ether oxygens (including phenoxy) is 2. The SMILES string of the molecule is COc1ccc(COC(=O)C2=C(/C=C/c3cc(C(N)=O)no3)CSC3[C@H](NC(=O)CSc4ccccc4)C(=O)N23)cc1. The molecule has 5 rings (SSSR count). The highest BCUT2D eigenvalue weighted by molar-refractivity contribution is 8.00. The summed E-state index contributed by atoms with van der Waals surface area (Å²) >= 11 is 2.78. The van der Waals surface area contributed by atoms with Gasteiger partial charge in [-0.25, -0.2) is 4.79 Å². The largest absolute Gasteiger partial charge is 0.497 e. The summed E-state index contributed by atoms with van der Waals surface area (Å²) in [6.45, 7) is -0.0237. The van der Waals surface area contributed by atoms with Crippen LogP contribution in [0.3, 0.4) is 0 Å². The molecule has 3 amide bonds. The number of β-lactam (4-membered cyclic amide) rings is 1. The van der Waals surface area contributed by atoms with Crippen molar-refractivity contribution in [1.82, 2.24) is 15.4 Å². The zero-order chi connectivity index (χ0) is 29.6. The van der Waals surface area contributed by atoms with Crippen molar-refractivity contribution in [3.63, 3.8) is 0 Å². The molecule has 0 aliphatic carbocycles. The minimum absolute atomic E-state index is 0.0237. The summed E-state index contributed by atoms with van der Waals surface area (Å²) in [5.74, 6) is -0.719.